The van der Waals surface area contributed by atoms with Crippen LogP contribution in [0.1, 0.15) is 5.69 Å². The van der Waals surface area contributed by atoms with Crippen LogP contribution in [0.5, 0.6) is 0 Å². The summed E-state index contributed by atoms with van der Waals surface area (Å²) in [6, 6.07) is 7.22. The molecule has 4 N–H and O–H groups in total. The Bertz CT molecular complexity index is 504. The quantitative estimate of drug-likeness (QED) is 0.291. The van der Waals surface area contributed by atoms with Gasteiger partial charge < -0.3 is 15.9 Å². The third-order valence-corrected chi connectivity index (χ3v) is 2.20. The number of halogens is 1. The van der Waals surface area contributed by atoms with Gasteiger partial charge in [-0.05, 0) is 18.2 Å². The van der Waals surface area contributed by atoms with Crippen molar-refractivity contribution < 1.29 is 5.21 Å². The molecule has 0 atom stereocenters. The maximum Gasteiger partial charge on any atom is 0.186 e. The first-order valence-corrected chi connectivity index (χ1v) is 4.34. The second-order valence-electron chi connectivity index (χ2n) is 2.90. The molecule has 0 aliphatic carbocycles. The van der Waals surface area contributed by atoms with E-state index in [4.69, 9.17) is 22.5 Å². The topological polar surface area (TPSA) is 74.4 Å². The van der Waals surface area contributed by atoms with Gasteiger partial charge in [-0.1, -0.05) is 22.8 Å². The lowest BCUT2D eigenvalue weighted by molar-refractivity contribution is 0.318. The molecular formula is C9H8ClN3O. The van der Waals surface area contributed by atoms with Crippen molar-refractivity contribution in [3.63, 3.8) is 0 Å². The SMILES string of the molecule is NC(=NO)c1cc2ccc(Cl)cc2[nH]1. The molecule has 0 aliphatic rings. The molecule has 1 aromatic heterocycles. The zero-order valence-corrected chi connectivity index (χ0v) is 7.92. The van der Waals surface area contributed by atoms with Crippen LogP contribution in [0.3, 0.4) is 0 Å². The summed E-state index contributed by atoms with van der Waals surface area (Å²) < 4.78 is 0. The number of nitrogens with zero attached hydrogens (tertiary/aromatic N) is 1. The van der Waals surface area contributed by atoms with Gasteiger partial charge >= 0.3 is 0 Å². The number of hydrogen-bond donors (Lipinski definition) is 3. The van der Waals surface area contributed by atoms with Crippen LogP contribution in [0, 0.1) is 0 Å². The van der Waals surface area contributed by atoms with Gasteiger partial charge in [-0.3, -0.25) is 0 Å². The Morgan fingerprint density at radius 1 is 1.43 bits per heavy atom. The highest BCUT2D eigenvalue weighted by molar-refractivity contribution is 6.31. The van der Waals surface area contributed by atoms with Crippen molar-refractivity contribution in [1.29, 1.82) is 0 Å². The Hall–Kier alpha value is -1.68. The van der Waals surface area contributed by atoms with Gasteiger partial charge in [-0.25, -0.2) is 0 Å². The van der Waals surface area contributed by atoms with Gasteiger partial charge in [0.15, 0.2) is 5.84 Å². The minimum absolute atomic E-state index is 0.0531. The molecule has 1 aromatic carbocycles. The van der Waals surface area contributed by atoms with Gasteiger partial charge in [0.25, 0.3) is 0 Å². The summed E-state index contributed by atoms with van der Waals surface area (Å²) in [5.74, 6) is 0.0531. The summed E-state index contributed by atoms with van der Waals surface area (Å²) in [4.78, 5) is 2.99. The number of oxime groups is 1. The van der Waals surface area contributed by atoms with E-state index in [1.807, 2.05) is 6.07 Å². The fourth-order valence-corrected chi connectivity index (χ4v) is 1.46. The van der Waals surface area contributed by atoms with Gasteiger partial charge in [-0.15, -0.1) is 0 Å². The highest BCUT2D eigenvalue weighted by atomic mass is 35.5. The monoisotopic (exact) mass is 209 g/mol. The van der Waals surface area contributed by atoms with Crippen molar-refractivity contribution in [1.82, 2.24) is 4.98 Å². The van der Waals surface area contributed by atoms with Gasteiger partial charge in [0.2, 0.25) is 0 Å². The van der Waals surface area contributed by atoms with Crippen molar-refractivity contribution in [2.24, 2.45) is 10.9 Å². The van der Waals surface area contributed by atoms with E-state index < -0.39 is 0 Å². The number of H-pyrrole nitrogens is 1. The second-order valence-corrected chi connectivity index (χ2v) is 3.34. The minimum atomic E-state index is 0.0531. The van der Waals surface area contributed by atoms with E-state index in [2.05, 4.69) is 10.1 Å². The average Bonchev–Trinajstić information content (AvgIpc) is 2.59. The van der Waals surface area contributed by atoms with Crippen LogP contribution < -0.4 is 5.73 Å². The molecule has 14 heavy (non-hydrogen) atoms. The number of fused-ring (bicyclic) bond motifs is 1. The highest BCUT2D eigenvalue weighted by Crippen LogP contribution is 2.19. The molecule has 5 heteroatoms. The van der Waals surface area contributed by atoms with Crippen molar-refractivity contribution >= 4 is 28.3 Å². The molecule has 0 spiro atoms. The molecule has 2 aromatic rings. The minimum Gasteiger partial charge on any atom is -0.409 e. The van der Waals surface area contributed by atoms with Crippen molar-refractivity contribution in [2.75, 3.05) is 0 Å². The number of nitrogens with two attached hydrogens (primary N) is 1. The normalized spacial score (nSPS) is 12.2. The molecule has 0 amide bonds. The summed E-state index contributed by atoms with van der Waals surface area (Å²) >= 11 is 5.81. The largest absolute Gasteiger partial charge is 0.409 e. The zero-order valence-electron chi connectivity index (χ0n) is 7.16. The van der Waals surface area contributed by atoms with Crippen molar-refractivity contribution in [2.45, 2.75) is 0 Å². The lowest BCUT2D eigenvalue weighted by Crippen LogP contribution is -2.13. The third-order valence-electron chi connectivity index (χ3n) is 1.97. The van der Waals surface area contributed by atoms with Crippen molar-refractivity contribution in [3.8, 4) is 0 Å². The van der Waals surface area contributed by atoms with Crippen LogP contribution >= 0.6 is 11.6 Å². The van der Waals surface area contributed by atoms with E-state index in [1.165, 1.54) is 0 Å². The summed E-state index contributed by atoms with van der Waals surface area (Å²) in [7, 11) is 0. The predicted octanol–water partition coefficient (Wildman–Crippen LogP) is 1.92. The molecule has 72 valence electrons. The highest BCUT2D eigenvalue weighted by Gasteiger charge is 2.04. The van der Waals surface area contributed by atoms with E-state index in [9.17, 15) is 0 Å². The van der Waals surface area contributed by atoms with E-state index in [-0.39, 0.29) is 5.84 Å². The van der Waals surface area contributed by atoms with Crippen LogP contribution in [0.25, 0.3) is 10.9 Å². The van der Waals surface area contributed by atoms with Gasteiger partial charge in [0.05, 0.1) is 5.69 Å². The lowest BCUT2D eigenvalue weighted by Gasteiger charge is -1.90. The molecule has 0 saturated carbocycles. The molecule has 1 heterocycles. The summed E-state index contributed by atoms with van der Waals surface area (Å²) in [5.41, 5.74) is 6.87. The summed E-state index contributed by atoms with van der Waals surface area (Å²) in [6.07, 6.45) is 0. The van der Waals surface area contributed by atoms with E-state index >= 15 is 0 Å². The Balaban J connectivity index is 2.62. The molecule has 0 saturated heterocycles. The van der Waals surface area contributed by atoms with E-state index in [1.54, 1.807) is 18.2 Å². The fourth-order valence-electron chi connectivity index (χ4n) is 1.29. The number of hydrogen-bond acceptors (Lipinski definition) is 2. The van der Waals surface area contributed by atoms with Crippen LogP contribution in [-0.4, -0.2) is 16.0 Å². The molecule has 0 bridgehead atoms. The molecule has 2 rings (SSSR count). The smallest absolute Gasteiger partial charge is 0.186 e. The molecule has 0 radical (unpaired) electrons. The molecule has 0 fully saturated rings. The Morgan fingerprint density at radius 3 is 2.93 bits per heavy atom. The van der Waals surface area contributed by atoms with Crippen LogP contribution in [0.2, 0.25) is 5.02 Å². The maximum atomic E-state index is 8.48. The van der Waals surface area contributed by atoms with Gasteiger partial charge in [-0.2, -0.15) is 0 Å². The van der Waals surface area contributed by atoms with Gasteiger partial charge in [0, 0.05) is 15.9 Å². The number of aromatic nitrogens is 1. The molecule has 0 aliphatic heterocycles. The standard InChI is InChI=1S/C9H8ClN3O/c10-6-2-1-5-3-8(9(11)13-14)12-7(5)4-6/h1-4,12,14H,(H2,11,13). The summed E-state index contributed by atoms with van der Waals surface area (Å²) in [5, 5.41) is 13.0. The maximum absolute atomic E-state index is 8.48. The first-order valence-electron chi connectivity index (χ1n) is 3.97. The van der Waals surface area contributed by atoms with Crippen LogP contribution in [0.4, 0.5) is 0 Å². The first-order chi connectivity index (χ1) is 6.70. The Morgan fingerprint density at radius 2 is 2.21 bits per heavy atom. The molecular weight excluding hydrogens is 202 g/mol. The third kappa shape index (κ3) is 1.40. The zero-order chi connectivity index (χ0) is 10.1. The average molecular weight is 210 g/mol. The number of rotatable bonds is 1. The number of benzene rings is 1. The number of aromatic amines is 1. The van der Waals surface area contributed by atoms with E-state index in [0.29, 0.717) is 10.7 Å². The van der Waals surface area contributed by atoms with Gasteiger partial charge in [0.1, 0.15) is 0 Å². The summed E-state index contributed by atoms with van der Waals surface area (Å²) in [6.45, 7) is 0. The molecule has 0 unspecified atom stereocenters. The van der Waals surface area contributed by atoms with Crippen molar-refractivity contribution in [3.05, 3.63) is 35.0 Å². The number of amidine groups is 1. The lowest BCUT2D eigenvalue weighted by atomic mass is 10.2. The fraction of sp³-hybridized carbons (Fsp3) is 0. The van der Waals surface area contributed by atoms with E-state index in [0.717, 1.165) is 10.9 Å². The van der Waals surface area contributed by atoms with Crippen LogP contribution in [0.15, 0.2) is 29.4 Å². The predicted molar refractivity (Wildman–Crippen MR) is 55.8 cm³/mol. The van der Waals surface area contributed by atoms with Crippen LogP contribution in [-0.2, 0) is 0 Å². The Labute approximate surface area is 85.0 Å². The first kappa shape index (κ1) is 8.90. The molecule has 4 nitrogen and oxygen atoms in total. The Kier molecular flexibility index (Phi) is 2.05. The second kappa shape index (κ2) is 3.23. The number of nitrogens with one attached hydrogen (secondary N) is 1.